The number of hydrogen-bond donors (Lipinski definition) is 0. The molecule has 0 saturated carbocycles. The Hall–Kier alpha value is -3.75. The maximum Gasteiger partial charge on any atom is 0.161 e. The number of rotatable bonds is 2. The van der Waals surface area contributed by atoms with Crippen LogP contribution in [0.5, 0.6) is 0 Å². The summed E-state index contributed by atoms with van der Waals surface area (Å²) in [5.74, 6) is 0.703. The minimum absolute atomic E-state index is 0.703. The lowest BCUT2D eigenvalue weighted by atomic mass is 10.0. The van der Waals surface area contributed by atoms with Gasteiger partial charge in [-0.05, 0) is 40.4 Å². The number of hydrogen-bond acceptors (Lipinski definition) is 2. The summed E-state index contributed by atoms with van der Waals surface area (Å²) in [6, 6.07) is 35.1. The first kappa shape index (κ1) is 18.1. The molecule has 31 heavy (non-hydrogen) atoms. The van der Waals surface area contributed by atoms with Crippen molar-refractivity contribution in [2.24, 2.45) is 0 Å². The van der Waals surface area contributed by atoms with Gasteiger partial charge in [0.1, 0.15) is 0 Å². The third kappa shape index (κ3) is 3.04. The van der Waals surface area contributed by atoms with Crippen LogP contribution in [0.2, 0.25) is 5.02 Å². The van der Waals surface area contributed by atoms with Crippen LogP contribution < -0.4 is 0 Å². The van der Waals surface area contributed by atoms with E-state index in [9.17, 15) is 0 Å². The van der Waals surface area contributed by atoms with E-state index in [0.29, 0.717) is 5.82 Å². The van der Waals surface area contributed by atoms with Crippen molar-refractivity contribution in [1.82, 2.24) is 9.97 Å². The summed E-state index contributed by atoms with van der Waals surface area (Å²) in [6.07, 6.45) is 0. The highest BCUT2D eigenvalue weighted by Gasteiger charge is 2.14. The molecule has 2 nitrogen and oxygen atoms in total. The fourth-order valence-electron chi connectivity index (χ4n) is 4.21. The number of nitrogens with zero attached hydrogens (tertiary/aromatic N) is 2. The highest BCUT2D eigenvalue weighted by Crippen LogP contribution is 2.35. The Bertz CT molecular complexity index is 1600. The Morgan fingerprint density at radius 2 is 1.26 bits per heavy atom. The number of para-hydroxylation sites is 1. The number of fused-ring (bicyclic) bond motifs is 3. The molecule has 0 amide bonds. The van der Waals surface area contributed by atoms with Gasteiger partial charge in [-0.15, -0.1) is 0 Å². The van der Waals surface area contributed by atoms with Crippen LogP contribution in [0.3, 0.4) is 0 Å². The van der Waals surface area contributed by atoms with Crippen molar-refractivity contribution >= 4 is 44.0 Å². The van der Waals surface area contributed by atoms with Crippen molar-refractivity contribution in [3.63, 3.8) is 0 Å². The van der Waals surface area contributed by atoms with Gasteiger partial charge in [0.2, 0.25) is 0 Å². The van der Waals surface area contributed by atoms with Gasteiger partial charge in [-0.3, -0.25) is 0 Å². The molecule has 5 aromatic carbocycles. The molecule has 0 aliphatic carbocycles. The smallest absolute Gasteiger partial charge is 0.161 e. The van der Waals surface area contributed by atoms with Crippen molar-refractivity contribution < 1.29 is 0 Å². The van der Waals surface area contributed by atoms with E-state index in [0.717, 1.165) is 43.5 Å². The van der Waals surface area contributed by atoms with Crippen LogP contribution in [-0.2, 0) is 0 Å². The second-order valence-electron chi connectivity index (χ2n) is 7.62. The normalized spacial score (nSPS) is 11.4. The van der Waals surface area contributed by atoms with E-state index in [-0.39, 0.29) is 0 Å². The maximum absolute atomic E-state index is 6.45. The average molecular weight is 417 g/mol. The lowest BCUT2D eigenvalue weighted by molar-refractivity contribution is 1.23. The molecule has 0 aliphatic heterocycles. The zero-order valence-corrected chi connectivity index (χ0v) is 17.3. The summed E-state index contributed by atoms with van der Waals surface area (Å²) in [4.78, 5) is 9.99. The zero-order chi connectivity index (χ0) is 20.8. The predicted molar refractivity (Wildman–Crippen MR) is 130 cm³/mol. The van der Waals surface area contributed by atoms with Gasteiger partial charge in [-0.1, -0.05) is 90.5 Å². The minimum atomic E-state index is 0.703. The Morgan fingerprint density at radius 3 is 2.13 bits per heavy atom. The first-order chi connectivity index (χ1) is 15.3. The average Bonchev–Trinajstić information content (AvgIpc) is 2.83. The number of benzene rings is 5. The van der Waals surface area contributed by atoms with Crippen molar-refractivity contribution in [2.75, 3.05) is 0 Å². The fourth-order valence-corrected chi connectivity index (χ4v) is 4.44. The molecule has 0 radical (unpaired) electrons. The van der Waals surface area contributed by atoms with Gasteiger partial charge in [-0.2, -0.15) is 0 Å². The van der Waals surface area contributed by atoms with E-state index in [1.54, 1.807) is 0 Å². The summed E-state index contributed by atoms with van der Waals surface area (Å²) in [5, 5.41) is 6.24. The fraction of sp³-hybridized carbons (Fsp3) is 0. The largest absolute Gasteiger partial charge is 0.228 e. The van der Waals surface area contributed by atoms with Gasteiger partial charge in [0.05, 0.1) is 11.2 Å². The van der Waals surface area contributed by atoms with Crippen molar-refractivity contribution in [2.45, 2.75) is 0 Å². The molecule has 0 aliphatic rings. The van der Waals surface area contributed by atoms with Crippen LogP contribution >= 0.6 is 11.6 Å². The third-order valence-electron chi connectivity index (χ3n) is 5.74. The summed E-state index contributed by atoms with van der Waals surface area (Å²) in [5.41, 5.74) is 3.92. The molecule has 0 spiro atoms. The molecule has 1 aromatic heterocycles. The number of aromatic nitrogens is 2. The SMILES string of the molecule is Clc1ccc(-c2nc(-c3ccc4ccccc4c3)c3ccccc3n2)c2ccccc12. The topological polar surface area (TPSA) is 25.8 Å². The Labute approximate surface area is 184 Å². The van der Waals surface area contributed by atoms with E-state index in [1.165, 1.54) is 10.8 Å². The Kier molecular flexibility index (Phi) is 4.19. The van der Waals surface area contributed by atoms with Gasteiger partial charge in [0.15, 0.2) is 5.82 Å². The highest BCUT2D eigenvalue weighted by molar-refractivity contribution is 6.36. The van der Waals surface area contributed by atoms with Gasteiger partial charge < -0.3 is 0 Å². The monoisotopic (exact) mass is 416 g/mol. The van der Waals surface area contributed by atoms with Gasteiger partial charge >= 0.3 is 0 Å². The summed E-state index contributed by atoms with van der Waals surface area (Å²) >= 11 is 6.45. The van der Waals surface area contributed by atoms with E-state index in [2.05, 4.69) is 54.6 Å². The molecule has 3 heteroatoms. The first-order valence-corrected chi connectivity index (χ1v) is 10.6. The van der Waals surface area contributed by atoms with E-state index >= 15 is 0 Å². The molecule has 0 bridgehead atoms. The standard InChI is InChI=1S/C28H17ClN2/c29-25-16-15-23(21-9-3-4-10-22(21)25)28-30-26-12-6-5-11-24(26)27(31-28)20-14-13-18-7-1-2-8-19(18)17-20/h1-17H. The zero-order valence-electron chi connectivity index (χ0n) is 16.6. The summed E-state index contributed by atoms with van der Waals surface area (Å²) in [6.45, 7) is 0. The maximum atomic E-state index is 6.45. The third-order valence-corrected chi connectivity index (χ3v) is 6.07. The van der Waals surface area contributed by atoms with Crippen molar-refractivity contribution in [1.29, 1.82) is 0 Å². The molecule has 0 saturated heterocycles. The second kappa shape index (κ2) is 7.19. The summed E-state index contributed by atoms with van der Waals surface area (Å²) in [7, 11) is 0. The Morgan fingerprint density at radius 1 is 0.548 bits per heavy atom. The molecule has 6 aromatic rings. The molecular weight excluding hydrogens is 400 g/mol. The number of halogens is 1. The van der Waals surface area contributed by atoms with Crippen LogP contribution in [0.1, 0.15) is 0 Å². The molecule has 0 unspecified atom stereocenters. The second-order valence-corrected chi connectivity index (χ2v) is 8.02. The molecule has 0 atom stereocenters. The van der Waals surface area contributed by atoms with Crippen LogP contribution in [0.25, 0.3) is 55.1 Å². The molecule has 0 fully saturated rings. The lowest BCUT2D eigenvalue weighted by Crippen LogP contribution is -1.96. The van der Waals surface area contributed by atoms with Crippen LogP contribution in [-0.4, -0.2) is 9.97 Å². The molecular formula is C28H17ClN2. The predicted octanol–water partition coefficient (Wildman–Crippen LogP) is 7.92. The Balaban J connectivity index is 1.66. The molecule has 6 rings (SSSR count). The van der Waals surface area contributed by atoms with Gasteiger partial charge in [0.25, 0.3) is 0 Å². The molecule has 1 heterocycles. The van der Waals surface area contributed by atoms with E-state index < -0.39 is 0 Å². The van der Waals surface area contributed by atoms with E-state index in [4.69, 9.17) is 21.6 Å². The van der Waals surface area contributed by atoms with Crippen LogP contribution in [0.15, 0.2) is 103 Å². The van der Waals surface area contributed by atoms with Crippen molar-refractivity contribution in [3.8, 4) is 22.6 Å². The highest BCUT2D eigenvalue weighted by atomic mass is 35.5. The summed E-state index contributed by atoms with van der Waals surface area (Å²) < 4.78 is 0. The lowest BCUT2D eigenvalue weighted by Gasteiger charge is -2.12. The van der Waals surface area contributed by atoms with Crippen LogP contribution in [0, 0.1) is 0 Å². The van der Waals surface area contributed by atoms with Gasteiger partial charge in [-0.25, -0.2) is 9.97 Å². The quantitative estimate of drug-likeness (QED) is 0.286. The van der Waals surface area contributed by atoms with E-state index in [1.807, 2.05) is 48.5 Å². The molecule has 0 N–H and O–H groups in total. The van der Waals surface area contributed by atoms with Crippen LogP contribution in [0.4, 0.5) is 0 Å². The molecule has 146 valence electrons. The first-order valence-electron chi connectivity index (χ1n) is 10.2. The van der Waals surface area contributed by atoms with Gasteiger partial charge in [0, 0.05) is 26.9 Å². The van der Waals surface area contributed by atoms with Crippen molar-refractivity contribution in [3.05, 3.63) is 108 Å². The minimum Gasteiger partial charge on any atom is -0.228 e.